The molecule has 0 saturated carbocycles. The fraction of sp³-hybridized carbons (Fsp3) is 0.182. The molecule has 0 spiro atoms. The van der Waals surface area contributed by atoms with Gasteiger partial charge in [-0.25, -0.2) is 0 Å². The van der Waals surface area contributed by atoms with E-state index in [2.05, 4.69) is 8.83 Å². The van der Waals surface area contributed by atoms with Crippen molar-refractivity contribution in [1.29, 1.82) is 0 Å². The summed E-state index contributed by atoms with van der Waals surface area (Å²) in [5.41, 5.74) is 1.40. The van der Waals surface area contributed by atoms with Crippen LogP contribution >= 0.6 is 0 Å². The Hall–Kier alpha value is -1.69. The maximum absolute atomic E-state index is 9.81. The van der Waals surface area contributed by atoms with Gasteiger partial charge in [0.25, 0.3) is 0 Å². The van der Waals surface area contributed by atoms with Gasteiger partial charge in [-0.05, 0) is 12.1 Å². The van der Waals surface area contributed by atoms with Crippen LogP contribution in [0.5, 0.6) is 0 Å². The predicted molar refractivity (Wildman–Crippen MR) is 56.8 cm³/mol. The molecule has 0 aromatic carbocycles. The molecule has 0 fully saturated rings. The van der Waals surface area contributed by atoms with Crippen molar-refractivity contribution in [3.8, 4) is 0 Å². The summed E-state index contributed by atoms with van der Waals surface area (Å²) in [6, 6.07) is 3.33. The van der Waals surface area contributed by atoms with Gasteiger partial charge in [-0.2, -0.15) is 0 Å². The minimum atomic E-state index is -1.44. The summed E-state index contributed by atoms with van der Waals surface area (Å²) < 4.78 is 26.0. The predicted octanol–water partition coefficient (Wildman–Crippen LogP) is 2.26. The molecule has 101 valence electrons. The first-order valence-electron chi connectivity index (χ1n) is 4.27. The standard InChI is InChI=1S/C5H6O2.C5H4O2.CH4.Mn.2O/c2*6-3-5-1-2-7-4-5;;;;/h1-2,4,6H,3H2;1-4H;1H4;;;. The van der Waals surface area contributed by atoms with Gasteiger partial charge in [-0.15, -0.1) is 0 Å². The van der Waals surface area contributed by atoms with E-state index in [1.807, 2.05) is 0 Å². The molecule has 1 N–H and O–H groups in total. The number of aliphatic hydroxyl groups excluding tert-OH is 1. The first kappa shape index (κ1) is 18.7. The van der Waals surface area contributed by atoms with Crippen molar-refractivity contribution in [2.24, 2.45) is 0 Å². The monoisotopic (exact) mass is 297 g/mol. The van der Waals surface area contributed by atoms with Gasteiger partial charge in [-0.1, -0.05) is 7.43 Å². The third kappa shape index (κ3) is 9.53. The van der Waals surface area contributed by atoms with Gasteiger partial charge in [0, 0.05) is 5.56 Å². The first-order chi connectivity index (χ1) is 8.28. The van der Waals surface area contributed by atoms with Crippen LogP contribution in [0.2, 0.25) is 0 Å². The van der Waals surface area contributed by atoms with Gasteiger partial charge in [0.15, 0.2) is 6.29 Å². The molecule has 0 amide bonds. The van der Waals surface area contributed by atoms with E-state index in [1.165, 1.54) is 25.1 Å². The van der Waals surface area contributed by atoms with Gasteiger partial charge in [-0.3, -0.25) is 4.79 Å². The topological polar surface area (TPSA) is 97.7 Å². The molecular formula is C11H14MnO6. The quantitative estimate of drug-likeness (QED) is 0.674. The van der Waals surface area contributed by atoms with Crippen molar-refractivity contribution in [3.63, 3.8) is 0 Å². The molecule has 7 heteroatoms. The summed E-state index contributed by atoms with van der Waals surface area (Å²) in [7, 11) is 0. The molecule has 2 rings (SSSR count). The number of furan rings is 2. The average molecular weight is 297 g/mol. The van der Waals surface area contributed by atoms with Gasteiger partial charge < -0.3 is 13.9 Å². The van der Waals surface area contributed by atoms with Gasteiger partial charge in [0.2, 0.25) is 0 Å². The summed E-state index contributed by atoms with van der Waals surface area (Å²) in [4.78, 5) is 9.81. The van der Waals surface area contributed by atoms with Crippen LogP contribution in [0.1, 0.15) is 23.3 Å². The van der Waals surface area contributed by atoms with E-state index in [4.69, 9.17) is 12.8 Å². The van der Waals surface area contributed by atoms with Crippen molar-refractivity contribution in [2.75, 3.05) is 0 Å². The first-order valence-corrected chi connectivity index (χ1v) is 5.23. The van der Waals surface area contributed by atoms with Crippen LogP contribution in [0.25, 0.3) is 0 Å². The molecule has 0 radical (unpaired) electrons. The van der Waals surface area contributed by atoms with Gasteiger partial charge >= 0.3 is 22.5 Å². The number of rotatable bonds is 2. The number of carbonyl (C=O) groups excluding carboxylic acids is 1. The molecule has 2 aromatic rings. The molecule has 2 heterocycles. The number of hydrogen-bond donors (Lipinski definition) is 1. The van der Waals surface area contributed by atoms with E-state index < -0.39 is 14.8 Å². The van der Waals surface area contributed by atoms with Gasteiger partial charge in [0.1, 0.15) is 6.26 Å². The van der Waals surface area contributed by atoms with E-state index in [-0.39, 0.29) is 14.0 Å². The molecule has 0 bridgehead atoms. The molecule has 0 aliphatic heterocycles. The van der Waals surface area contributed by atoms with Crippen LogP contribution in [0, 0.1) is 0 Å². The van der Waals surface area contributed by atoms with Gasteiger partial charge in [0.05, 0.1) is 31.0 Å². The van der Waals surface area contributed by atoms with E-state index in [9.17, 15) is 4.79 Å². The fourth-order valence-corrected chi connectivity index (χ4v) is 0.725. The molecule has 0 aliphatic rings. The van der Waals surface area contributed by atoms with E-state index >= 15 is 0 Å². The second kappa shape index (κ2) is 13.4. The number of aliphatic hydroxyl groups is 1. The van der Waals surface area contributed by atoms with Crippen LogP contribution in [-0.4, -0.2) is 11.4 Å². The summed E-state index contributed by atoms with van der Waals surface area (Å²) in [5.74, 6) is 0. The van der Waals surface area contributed by atoms with Crippen LogP contribution in [0.3, 0.4) is 0 Å². The SMILES string of the molecule is C.O=Cc1ccoc1.OCc1ccoc1.[O]=[Mn]=[O]. The Morgan fingerprint density at radius 1 is 1.17 bits per heavy atom. The van der Waals surface area contributed by atoms with Crippen LogP contribution < -0.4 is 0 Å². The Balaban J connectivity index is 0. The van der Waals surface area contributed by atoms with E-state index in [0.717, 1.165) is 11.8 Å². The third-order valence-electron chi connectivity index (χ3n) is 1.44. The van der Waals surface area contributed by atoms with E-state index in [1.54, 1.807) is 12.1 Å². The molecule has 0 atom stereocenters. The summed E-state index contributed by atoms with van der Waals surface area (Å²) in [6.07, 6.45) is 6.64. The second-order valence-corrected chi connectivity index (χ2v) is 2.72. The maximum atomic E-state index is 9.81. The van der Waals surface area contributed by atoms with E-state index in [0.29, 0.717) is 5.56 Å². The normalized spacial score (nSPS) is 7.61. The Kier molecular flexibility index (Phi) is 13.9. The molecule has 2 aromatic heterocycles. The van der Waals surface area contributed by atoms with Crippen LogP contribution in [0.15, 0.2) is 46.0 Å². The van der Waals surface area contributed by atoms with Crippen molar-refractivity contribution in [3.05, 3.63) is 48.3 Å². The zero-order chi connectivity index (χ0) is 12.9. The number of carbonyl (C=O) groups is 1. The molecule has 0 unspecified atom stereocenters. The van der Waals surface area contributed by atoms with Crippen LogP contribution in [-0.2, 0) is 29.1 Å². The average Bonchev–Trinajstić information content (AvgIpc) is 3.04. The summed E-state index contributed by atoms with van der Waals surface area (Å²) in [5, 5.41) is 8.37. The van der Waals surface area contributed by atoms with Crippen LogP contribution in [0.4, 0.5) is 0 Å². The Bertz CT molecular complexity index is 414. The Morgan fingerprint density at radius 2 is 1.72 bits per heavy atom. The van der Waals surface area contributed by atoms with Crippen molar-refractivity contribution >= 4 is 6.29 Å². The molecule has 0 saturated heterocycles. The third-order valence-corrected chi connectivity index (χ3v) is 1.44. The van der Waals surface area contributed by atoms with Crippen molar-refractivity contribution in [1.82, 2.24) is 0 Å². The zero-order valence-electron chi connectivity index (χ0n) is 8.61. The van der Waals surface area contributed by atoms with Crippen molar-refractivity contribution in [2.45, 2.75) is 14.0 Å². The summed E-state index contributed by atoms with van der Waals surface area (Å²) in [6.45, 7) is 0.0660. The fourth-order valence-electron chi connectivity index (χ4n) is 0.725. The minimum absolute atomic E-state index is 0. The van der Waals surface area contributed by atoms with Crippen molar-refractivity contribution < 1.29 is 41.2 Å². The molecule has 0 aliphatic carbocycles. The summed E-state index contributed by atoms with van der Waals surface area (Å²) >= 11 is -1.44. The number of aldehydes is 1. The molecule has 18 heavy (non-hydrogen) atoms. The number of hydrogen-bond acceptors (Lipinski definition) is 6. The Morgan fingerprint density at radius 3 is 1.94 bits per heavy atom. The molecular weight excluding hydrogens is 283 g/mol. The Labute approximate surface area is 110 Å². The zero-order valence-corrected chi connectivity index (χ0v) is 9.80. The molecule has 6 nitrogen and oxygen atoms in total. The second-order valence-electron chi connectivity index (χ2n) is 2.53.